The molecule has 0 aromatic rings. The number of nitrogens with one attached hydrogen (secondary N) is 2. The van der Waals surface area contributed by atoms with Crippen molar-refractivity contribution < 1.29 is 9.00 Å². The van der Waals surface area contributed by atoms with Crippen LogP contribution in [0.2, 0.25) is 0 Å². The first-order valence-corrected chi connectivity index (χ1v) is 7.60. The van der Waals surface area contributed by atoms with Gasteiger partial charge in [0.1, 0.15) is 0 Å². The third-order valence-corrected chi connectivity index (χ3v) is 4.74. The van der Waals surface area contributed by atoms with Gasteiger partial charge in [-0.3, -0.25) is 4.78 Å². The van der Waals surface area contributed by atoms with Gasteiger partial charge < -0.3 is 10.2 Å². The minimum absolute atomic E-state index is 0.0355. The second-order valence-corrected chi connectivity index (χ2v) is 6.69. The molecular weight excluding hydrogens is 226 g/mol. The summed E-state index contributed by atoms with van der Waals surface area (Å²) in [4.78, 5) is 13.3. The predicted octanol–water partition coefficient (Wildman–Crippen LogP) is 1.25. The molecule has 1 aliphatic rings. The molecule has 6 heteroatoms. The Balaban J connectivity index is 2.40. The van der Waals surface area contributed by atoms with Crippen LogP contribution in [0.15, 0.2) is 0 Å². The minimum Gasteiger partial charge on any atom is -0.338 e. The lowest BCUT2D eigenvalue weighted by molar-refractivity contribution is 0.195. The molecule has 0 aliphatic carbocycles. The lowest BCUT2D eigenvalue weighted by atomic mass is 10.2. The Kier molecular flexibility index (Phi) is 4.58. The second kappa shape index (κ2) is 5.52. The van der Waals surface area contributed by atoms with E-state index in [9.17, 15) is 9.00 Å². The molecule has 0 aromatic carbocycles. The van der Waals surface area contributed by atoms with Crippen molar-refractivity contribution in [2.24, 2.45) is 0 Å². The molecule has 1 rings (SSSR count). The molecule has 2 atom stereocenters. The Hall–Kier alpha value is -0.780. The summed E-state index contributed by atoms with van der Waals surface area (Å²) in [7, 11) is -0.706. The van der Waals surface area contributed by atoms with E-state index in [0.29, 0.717) is 24.5 Å². The molecule has 0 saturated carbocycles. The first-order valence-electron chi connectivity index (χ1n) is 5.71. The van der Waals surface area contributed by atoms with Crippen LogP contribution < -0.4 is 5.32 Å². The molecule has 1 heterocycles. The van der Waals surface area contributed by atoms with E-state index in [2.05, 4.69) is 12.2 Å². The fourth-order valence-corrected chi connectivity index (χ4v) is 3.60. The molecule has 1 fully saturated rings. The lowest BCUT2D eigenvalue weighted by Gasteiger charge is -2.23. The maximum Gasteiger partial charge on any atom is 0.317 e. The summed E-state index contributed by atoms with van der Waals surface area (Å²) in [5.41, 5.74) is 0. The molecule has 0 bridgehead atoms. The normalized spacial score (nSPS) is 29.0. The number of carbonyl (C=O) groups excluding carboxylic acids is 1. The van der Waals surface area contributed by atoms with Crippen LogP contribution in [0.3, 0.4) is 0 Å². The molecule has 1 aliphatic heterocycles. The Labute approximate surface area is 97.6 Å². The van der Waals surface area contributed by atoms with Crippen LogP contribution in [0.1, 0.15) is 26.2 Å². The van der Waals surface area contributed by atoms with Gasteiger partial charge in [0, 0.05) is 35.1 Å². The Bertz CT molecular complexity index is 340. The summed E-state index contributed by atoms with van der Waals surface area (Å²) in [5, 5.41) is 2.82. The molecule has 16 heavy (non-hydrogen) atoms. The first-order chi connectivity index (χ1) is 7.46. The summed E-state index contributed by atoms with van der Waals surface area (Å²) in [5.74, 6) is 0.745. The highest BCUT2D eigenvalue weighted by atomic mass is 32.2. The van der Waals surface area contributed by atoms with Crippen molar-refractivity contribution in [1.82, 2.24) is 10.2 Å². The van der Waals surface area contributed by atoms with Gasteiger partial charge in [0.2, 0.25) is 0 Å². The van der Waals surface area contributed by atoms with Gasteiger partial charge in [-0.25, -0.2) is 9.00 Å². The Morgan fingerprint density at radius 1 is 1.62 bits per heavy atom. The fourth-order valence-electron chi connectivity index (χ4n) is 1.77. The summed E-state index contributed by atoms with van der Waals surface area (Å²) in [6, 6.07) is -0.151. The van der Waals surface area contributed by atoms with E-state index in [1.807, 2.05) is 0 Å². The zero-order valence-electron chi connectivity index (χ0n) is 9.99. The smallest absolute Gasteiger partial charge is 0.317 e. The Morgan fingerprint density at radius 3 is 2.81 bits per heavy atom. The summed E-state index contributed by atoms with van der Waals surface area (Å²) in [6.07, 6.45) is 2.70. The molecule has 2 N–H and O–H groups in total. The highest BCUT2D eigenvalue weighted by Gasteiger charge is 2.30. The second-order valence-electron chi connectivity index (χ2n) is 4.32. The third-order valence-electron chi connectivity index (χ3n) is 2.92. The third kappa shape index (κ3) is 3.66. The van der Waals surface area contributed by atoms with Crippen molar-refractivity contribution in [1.29, 1.82) is 4.78 Å². The molecule has 2 unspecified atom stereocenters. The molecule has 0 aromatic heterocycles. The van der Waals surface area contributed by atoms with E-state index in [4.69, 9.17) is 4.78 Å². The van der Waals surface area contributed by atoms with Gasteiger partial charge in [-0.1, -0.05) is 13.3 Å². The van der Waals surface area contributed by atoms with E-state index >= 15 is 0 Å². The number of hydrogen-bond acceptors (Lipinski definition) is 3. The van der Waals surface area contributed by atoms with Gasteiger partial charge in [-0.15, -0.1) is 0 Å². The maximum absolute atomic E-state index is 11.7. The first kappa shape index (κ1) is 13.3. The number of unbranched alkanes of at least 4 members (excludes halogenated alkanes) is 1. The van der Waals surface area contributed by atoms with E-state index < -0.39 is 9.73 Å². The average Bonchev–Trinajstić information content (AvgIpc) is 2.58. The van der Waals surface area contributed by atoms with E-state index in [-0.39, 0.29) is 12.1 Å². The average molecular weight is 247 g/mol. The topological polar surface area (TPSA) is 73.3 Å². The van der Waals surface area contributed by atoms with Gasteiger partial charge in [0.25, 0.3) is 0 Å². The molecule has 1 saturated heterocycles. The predicted molar refractivity (Wildman–Crippen MR) is 65.1 cm³/mol. The standard InChI is InChI=1S/C10H21N3O2S/c1-3-4-6-12-10(14)13(2)9-5-7-16(11,15)8-9/h9,11H,3-8H2,1-2H3,(H,12,14). The summed E-state index contributed by atoms with van der Waals surface area (Å²) < 4.78 is 19.0. The van der Waals surface area contributed by atoms with Gasteiger partial charge >= 0.3 is 6.03 Å². The van der Waals surface area contributed by atoms with Crippen LogP contribution in [0, 0.1) is 4.78 Å². The van der Waals surface area contributed by atoms with Crippen molar-refractivity contribution >= 4 is 15.8 Å². The fraction of sp³-hybridized carbons (Fsp3) is 0.900. The largest absolute Gasteiger partial charge is 0.338 e. The van der Waals surface area contributed by atoms with Crippen LogP contribution in [0.5, 0.6) is 0 Å². The molecule has 0 radical (unpaired) electrons. The van der Waals surface area contributed by atoms with E-state index in [1.165, 1.54) is 0 Å². The number of amides is 2. The number of nitrogens with zero attached hydrogens (tertiary/aromatic N) is 1. The minimum atomic E-state index is -2.42. The van der Waals surface area contributed by atoms with Gasteiger partial charge in [-0.2, -0.15) is 0 Å². The maximum atomic E-state index is 11.7. The quantitative estimate of drug-likeness (QED) is 0.734. The zero-order chi connectivity index (χ0) is 12.2. The van der Waals surface area contributed by atoms with Gasteiger partial charge in [-0.05, 0) is 12.8 Å². The molecule has 94 valence electrons. The monoisotopic (exact) mass is 247 g/mol. The number of urea groups is 1. The SMILES string of the molecule is CCCCNC(=O)N(C)C1CCS(=N)(=O)C1. The molecular formula is C10H21N3O2S. The summed E-state index contributed by atoms with van der Waals surface area (Å²) >= 11 is 0. The molecule has 2 amide bonds. The van der Waals surface area contributed by atoms with Crippen LogP contribution in [-0.4, -0.2) is 46.3 Å². The number of carbonyl (C=O) groups is 1. The Morgan fingerprint density at radius 2 is 2.31 bits per heavy atom. The van der Waals surface area contributed by atoms with Crippen molar-refractivity contribution in [3.05, 3.63) is 0 Å². The van der Waals surface area contributed by atoms with Crippen LogP contribution >= 0.6 is 0 Å². The van der Waals surface area contributed by atoms with Crippen LogP contribution in [0.4, 0.5) is 4.79 Å². The van der Waals surface area contributed by atoms with E-state index in [1.54, 1.807) is 11.9 Å². The van der Waals surface area contributed by atoms with Crippen LogP contribution in [-0.2, 0) is 9.73 Å². The van der Waals surface area contributed by atoms with Crippen molar-refractivity contribution in [3.8, 4) is 0 Å². The van der Waals surface area contributed by atoms with E-state index in [0.717, 1.165) is 12.8 Å². The van der Waals surface area contributed by atoms with Crippen molar-refractivity contribution in [3.63, 3.8) is 0 Å². The number of hydrogen-bond donors (Lipinski definition) is 2. The highest BCUT2D eigenvalue weighted by molar-refractivity contribution is 7.92. The highest BCUT2D eigenvalue weighted by Crippen LogP contribution is 2.16. The zero-order valence-corrected chi connectivity index (χ0v) is 10.8. The van der Waals surface area contributed by atoms with Gasteiger partial charge in [0.05, 0.1) is 5.75 Å². The van der Waals surface area contributed by atoms with Crippen molar-refractivity contribution in [2.75, 3.05) is 25.1 Å². The molecule has 0 spiro atoms. The number of rotatable bonds is 4. The van der Waals surface area contributed by atoms with Crippen LogP contribution in [0.25, 0.3) is 0 Å². The van der Waals surface area contributed by atoms with Gasteiger partial charge in [0.15, 0.2) is 0 Å². The summed E-state index contributed by atoms with van der Waals surface area (Å²) in [6.45, 7) is 2.75. The lowest BCUT2D eigenvalue weighted by Crippen LogP contribution is -2.44. The van der Waals surface area contributed by atoms with Crippen molar-refractivity contribution in [2.45, 2.75) is 32.2 Å². The molecule has 5 nitrogen and oxygen atoms in total.